The summed E-state index contributed by atoms with van der Waals surface area (Å²) in [6, 6.07) is 7.85. The van der Waals surface area contributed by atoms with Gasteiger partial charge in [0, 0.05) is 18.6 Å². The van der Waals surface area contributed by atoms with E-state index in [1.54, 1.807) is 7.11 Å². The fourth-order valence-electron chi connectivity index (χ4n) is 3.24. The van der Waals surface area contributed by atoms with Gasteiger partial charge in [0.1, 0.15) is 18.0 Å². The summed E-state index contributed by atoms with van der Waals surface area (Å²) in [5, 5.41) is 16.1. The van der Waals surface area contributed by atoms with Gasteiger partial charge in [0.15, 0.2) is 0 Å². The first-order valence-corrected chi connectivity index (χ1v) is 8.32. The molecule has 0 bridgehead atoms. The van der Waals surface area contributed by atoms with Crippen LogP contribution in [0.15, 0.2) is 24.3 Å². The molecule has 1 aromatic rings. The smallest absolute Gasteiger partial charge is 0.407 e. The average molecular weight is 335 g/mol. The van der Waals surface area contributed by atoms with Crippen LogP contribution < -0.4 is 21.1 Å². The highest BCUT2D eigenvalue weighted by Crippen LogP contribution is 2.21. The number of nitrogens with one attached hydrogen (secondary N) is 2. The predicted octanol–water partition coefficient (Wildman–Crippen LogP) is 0.155. The van der Waals surface area contributed by atoms with Crippen LogP contribution >= 0.6 is 0 Å². The lowest BCUT2D eigenvalue weighted by Crippen LogP contribution is -2.52. The van der Waals surface area contributed by atoms with E-state index < -0.39 is 18.3 Å². The molecular weight excluding hydrogens is 310 g/mol. The van der Waals surface area contributed by atoms with Crippen molar-refractivity contribution >= 4 is 6.09 Å². The fraction of sp³-hybridized carbons (Fsp3) is 0.588. The molecule has 7 heteroatoms. The number of hydrogen-bond acceptors (Lipinski definition) is 6. The molecule has 0 radical (unpaired) electrons. The number of carbonyl (C=O) groups excluding carboxylic acids is 1. The van der Waals surface area contributed by atoms with Crippen LogP contribution in [-0.4, -0.2) is 55.2 Å². The lowest BCUT2D eigenvalue weighted by molar-refractivity contribution is 0.0160. The Bertz CT molecular complexity index is 559. The van der Waals surface area contributed by atoms with Crippen LogP contribution in [0.1, 0.15) is 18.4 Å². The highest BCUT2D eigenvalue weighted by atomic mass is 16.6. The largest absolute Gasteiger partial charge is 0.497 e. The highest BCUT2D eigenvalue weighted by molar-refractivity contribution is 5.68. The molecule has 1 saturated heterocycles. The van der Waals surface area contributed by atoms with Crippen molar-refractivity contribution in [2.45, 2.75) is 49.6 Å². The molecular formula is C17H25N3O4. The van der Waals surface area contributed by atoms with E-state index >= 15 is 0 Å². The molecule has 0 aromatic heterocycles. The van der Waals surface area contributed by atoms with Crippen LogP contribution in [0.5, 0.6) is 5.75 Å². The van der Waals surface area contributed by atoms with Gasteiger partial charge in [-0.3, -0.25) is 0 Å². The molecule has 3 rings (SSSR count). The van der Waals surface area contributed by atoms with Gasteiger partial charge in [0.25, 0.3) is 0 Å². The van der Waals surface area contributed by atoms with Crippen molar-refractivity contribution in [3.8, 4) is 5.75 Å². The van der Waals surface area contributed by atoms with E-state index in [2.05, 4.69) is 10.6 Å². The monoisotopic (exact) mass is 335 g/mol. The normalized spacial score (nSPS) is 32.0. The van der Waals surface area contributed by atoms with Crippen molar-refractivity contribution in [2.24, 2.45) is 5.73 Å². The Morgan fingerprint density at radius 1 is 1.38 bits per heavy atom. The van der Waals surface area contributed by atoms with Crippen LogP contribution in [0.4, 0.5) is 4.79 Å². The summed E-state index contributed by atoms with van der Waals surface area (Å²) >= 11 is 0. The number of nitrogens with two attached hydrogens (primary N) is 1. The summed E-state index contributed by atoms with van der Waals surface area (Å²) in [7, 11) is 1.63. The minimum Gasteiger partial charge on any atom is -0.497 e. The van der Waals surface area contributed by atoms with Gasteiger partial charge in [-0.15, -0.1) is 0 Å². The zero-order valence-corrected chi connectivity index (χ0v) is 13.8. The molecule has 1 aliphatic heterocycles. The predicted molar refractivity (Wildman–Crippen MR) is 88.9 cm³/mol. The maximum absolute atomic E-state index is 12.0. The van der Waals surface area contributed by atoms with E-state index in [1.165, 1.54) is 0 Å². The maximum atomic E-state index is 12.0. The lowest BCUT2D eigenvalue weighted by atomic mass is 9.88. The molecule has 7 nitrogen and oxygen atoms in total. The van der Waals surface area contributed by atoms with E-state index in [-0.39, 0.29) is 18.1 Å². The van der Waals surface area contributed by atoms with Gasteiger partial charge in [-0.25, -0.2) is 4.79 Å². The summed E-state index contributed by atoms with van der Waals surface area (Å²) in [5.74, 6) is 0.795. The molecule has 1 aliphatic carbocycles. The Labute approximate surface area is 141 Å². The molecule has 0 unspecified atom stereocenters. The van der Waals surface area contributed by atoms with Crippen molar-refractivity contribution in [3.63, 3.8) is 0 Å². The van der Waals surface area contributed by atoms with Crippen molar-refractivity contribution in [1.29, 1.82) is 0 Å². The molecule has 2 aliphatic rings. The second-order valence-corrected chi connectivity index (χ2v) is 6.58. The molecule has 24 heavy (non-hydrogen) atoms. The number of rotatable bonds is 5. The summed E-state index contributed by atoms with van der Waals surface area (Å²) in [4.78, 5) is 12.0. The highest BCUT2D eigenvalue weighted by Gasteiger charge is 2.38. The second kappa shape index (κ2) is 7.38. The zero-order chi connectivity index (χ0) is 17.1. The quantitative estimate of drug-likeness (QED) is 0.611. The summed E-state index contributed by atoms with van der Waals surface area (Å²) < 4.78 is 10.6. The van der Waals surface area contributed by atoms with Crippen LogP contribution in [-0.2, 0) is 11.2 Å². The number of methoxy groups -OCH3 is 1. The maximum Gasteiger partial charge on any atom is 0.407 e. The number of carbonyl (C=O) groups is 1. The molecule has 1 heterocycles. The number of alkyl carbamates (subject to hydrolysis) is 1. The Morgan fingerprint density at radius 3 is 2.71 bits per heavy atom. The van der Waals surface area contributed by atoms with Crippen molar-refractivity contribution < 1.29 is 19.4 Å². The third kappa shape index (κ3) is 3.98. The van der Waals surface area contributed by atoms with Crippen LogP contribution in [0.25, 0.3) is 0 Å². The topological polar surface area (TPSA) is 106 Å². The average Bonchev–Trinajstić information content (AvgIpc) is 2.87. The van der Waals surface area contributed by atoms with Crippen LogP contribution in [0.2, 0.25) is 0 Å². The van der Waals surface area contributed by atoms with E-state index in [1.807, 2.05) is 24.3 Å². The summed E-state index contributed by atoms with van der Waals surface area (Å²) in [6.45, 7) is 0.410. The Morgan fingerprint density at radius 2 is 2.08 bits per heavy atom. The molecule has 1 aromatic carbocycles. The van der Waals surface area contributed by atoms with Gasteiger partial charge in [0.05, 0.1) is 13.2 Å². The van der Waals surface area contributed by atoms with Crippen LogP contribution in [0, 0.1) is 0 Å². The van der Waals surface area contributed by atoms with E-state index in [4.69, 9.17) is 15.2 Å². The van der Waals surface area contributed by atoms with Gasteiger partial charge >= 0.3 is 6.09 Å². The number of ether oxygens (including phenoxy) is 2. The summed E-state index contributed by atoms with van der Waals surface area (Å²) in [5.41, 5.74) is 6.79. The fourth-order valence-corrected chi connectivity index (χ4v) is 3.24. The first-order valence-electron chi connectivity index (χ1n) is 8.32. The standard InChI is InChI=1S/C17H25N3O4/c1-23-13-4-2-10(3-5-13)6-14-16(15(21)9-19-14)24-17(22)20-12-7-11(18)8-12/h2-5,11-12,14-16,19,21H,6-9,18H2,1H3,(H,20,22)/t11?,12?,14-,15+,16+/m1/s1. The molecule has 2 fully saturated rings. The molecule has 3 atom stereocenters. The van der Waals surface area contributed by atoms with E-state index in [0.717, 1.165) is 24.2 Å². The number of benzene rings is 1. The molecule has 1 saturated carbocycles. The van der Waals surface area contributed by atoms with Gasteiger partial charge in [-0.2, -0.15) is 0 Å². The SMILES string of the molecule is COc1ccc(C[C@H]2NC[C@H](O)[C@H]2OC(=O)NC2CC(N)C2)cc1. The van der Waals surface area contributed by atoms with Crippen LogP contribution in [0.3, 0.4) is 0 Å². The molecule has 0 spiro atoms. The van der Waals surface area contributed by atoms with E-state index in [9.17, 15) is 9.90 Å². The number of β-amino-alcohol motifs (C(OH)–C–C–N with tert-alkyl or cyclic N) is 1. The van der Waals surface area contributed by atoms with Crippen molar-refractivity contribution in [1.82, 2.24) is 10.6 Å². The second-order valence-electron chi connectivity index (χ2n) is 6.58. The lowest BCUT2D eigenvalue weighted by Gasteiger charge is -2.33. The number of amides is 1. The number of aliphatic hydroxyl groups excluding tert-OH is 1. The van der Waals surface area contributed by atoms with Crippen molar-refractivity contribution in [2.75, 3.05) is 13.7 Å². The molecule has 1 amide bonds. The van der Waals surface area contributed by atoms with Gasteiger partial charge in [-0.1, -0.05) is 12.1 Å². The van der Waals surface area contributed by atoms with Crippen molar-refractivity contribution in [3.05, 3.63) is 29.8 Å². The third-order valence-corrected chi connectivity index (χ3v) is 4.72. The zero-order valence-electron chi connectivity index (χ0n) is 13.8. The van der Waals surface area contributed by atoms with E-state index in [0.29, 0.717) is 13.0 Å². The van der Waals surface area contributed by atoms with Gasteiger partial charge in [0.2, 0.25) is 0 Å². The molecule has 5 N–H and O–H groups in total. The minimum atomic E-state index is -0.706. The number of aliphatic hydroxyl groups is 1. The molecule has 132 valence electrons. The number of hydrogen-bond donors (Lipinski definition) is 4. The minimum absolute atomic E-state index is 0.0824. The Kier molecular flexibility index (Phi) is 5.23. The van der Waals surface area contributed by atoms with Gasteiger partial charge in [-0.05, 0) is 37.0 Å². The Balaban J connectivity index is 1.54. The first kappa shape index (κ1) is 17.0. The third-order valence-electron chi connectivity index (χ3n) is 4.72. The summed E-state index contributed by atoms with van der Waals surface area (Å²) in [6.07, 6.45) is 0.446. The Hall–Kier alpha value is -1.83. The van der Waals surface area contributed by atoms with Gasteiger partial charge < -0.3 is 30.9 Å². The first-order chi connectivity index (χ1) is 11.5.